The third kappa shape index (κ3) is 2.47. The summed E-state index contributed by atoms with van der Waals surface area (Å²) in [7, 11) is 0. The Bertz CT molecular complexity index is 1050. The molecule has 3 aliphatic rings. The molecule has 7 nitrogen and oxygen atoms in total. The molecular weight excluding hydrogens is 365 g/mol. The third-order valence-corrected chi connectivity index (χ3v) is 6.44. The molecule has 0 bridgehead atoms. The van der Waals surface area contributed by atoms with Crippen LogP contribution in [0.3, 0.4) is 0 Å². The first kappa shape index (κ1) is 17.3. The number of halogens is 1. The fourth-order valence-corrected chi connectivity index (χ4v) is 4.90. The van der Waals surface area contributed by atoms with E-state index in [0.717, 1.165) is 19.3 Å². The van der Waals surface area contributed by atoms with Gasteiger partial charge in [0.15, 0.2) is 11.6 Å². The Morgan fingerprint density at radius 1 is 1.39 bits per heavy atom. The maximum atomic E-state index is 15.1. The van der Waals surface area contributed by atoms with Crippen LogP contribution in [0, 0.1) is 11.7 Å². The summed E-state index contributed by atoms with van der Waals surface area (Å²) in [5.74, 6) is 0.174. The van der Waals surface area contributed by atoms with E-state index in [4.69, 9.17) is 9.84 Å². The number of carboxylic acid groups (broad SMARTS) is 1. The van der Waals surface area contributed by atoms with E-state index >= 15 is 4.39 Å². The molecule has 1 aromatic carbocycles. The van der Waals surface area contributed by atoms with Crippen LogP contribution >= 0.6 is 0 Å². The van der Waals surface area contributed by atoms with E-state index < -0.39 is 6.09 Å². The second-order valence-electron chi connectivity index (χ2n) is 8.19. The van der Waals surface area contributed by atoms with E-state index in [1.165, 1.54) is 12.1 Å². The maximum Gasteiger partial charge on any atom is 0.405 e. The number of hydrogen-bond donors (Lipinski definition) is 2. The van der Waals surface area contributed by atoms with Gasteiger partial charge in [-0.15, -0.1) is 0 Å². The lowest BCUT2D eigenvalue weighted by molar-refractivity contribution is 0.182. The van der Waals surface area contributed by atoms with Crippen LogP contribution in [-0.2, 0) is 0 Å². The number of carbonyl (C=O) groups is 1. The summed E-state index contributed by atoms with van der Waals surface area (Å²) in [5, 5.41) is 12.4. The Morgan fingerprint density at radius 2 is 2.18 bits per heavy atom. The van der Waals surface area contributed by atoms with Gasteiger partial charge in [0.1, 0.15) is 12.3 Å². The SMILES string of the molecule is C[C@H]1COc2c(N3CC[C@@H](C4(NC(=O)O)CC4)C3)c(F)cc3ccc(=O)n1c23. The standard InChI is InChI=1S/C20H22FN3O4/c1-11-10-28-18-16-12(2-3-15(25)24(11)16)8-14(21)17(18)23-7-4-13(9-23)20(5-6-20)22-19(26)27/h2-3,8,11,13,22H,4-7,9-10H2,1H3,(H,26,27)/t11-,13+/m0/s1. The molecule has 0 spiro atoms. The quantitative estimate of drug-likeness (QED) is 0.846. The van der Waals surface area contributed by atoms with Crippen molar-refractivity contribution in [2.45, 2.75) is 37.8 Å². The van der Waals surface area contributed by atoms with Crippen molar-refractivity contribution in [2.75, 3.05) is 24.6 Å². The summed E-state index contributed by atoms with van der Waals surface area (Å²) in [5.41, 5.74) is 0.509. The molecule has 2 aliphatic heterocycles. The van der Waals surface area contributed by atoms with E-state index in [1.807, 2.05) is 11.8 Å². The van der Waals surface area contributed by atoms with E-state index in [-0.39, 0.29) is 28.9 Å². The average molecular weight is 387 g/mol. The smallest absolute Gasteiger partial charge is 0.405 e. The Labute approximate surface area is 160 Å². The Hall–Kier alpha value is -2.77. The van der Waals surface area contributed by atoms with Crippen LogP contribution in [0.5, 0.6) is 5.75 Å². The van der Waals surface area contributed by atoms with E-state index in [2.05, 4.69) is 5.32 Å². The summed E-state index contributed by atoms with van der Waals surface area (Å²) in [4.78, 5) is 25.5. The molecule has 1 saturated heterocycles. The van der Waals surface area contributed by atoms with Crippen LogP contribution in [0.2, 0.25) is 0 Å². The van der Waals surface area contributed by atoms with Crippen molar-refractivity contribution in [3.63, 3.8) is 0 Å². The minimum atomic E-state index is -1.01. The van der Waals surface area contributed by atoms with E-state index in [0.29, 0.717) is 42.0 Å². The number of nitrogens with one attached hydrogen (secondary N) is 1. The van der Waals surface area contributed by atoms with Gasteiger partial charge in [0, 0.05) is 36.0 Å². The number of hydrogen-bond acceptors (Lipinski definition) is 4. The number of nitrogens with zero attached hydrogens (tertiary/aromatic N) is 2. The van der Waals surface area contributed by atoms with Gasteiger partial charge in [0.05, 0.1) is 11.6 Å². The van der Waals surface area contributed by atoms with Gasteiger partial charge in [0.2, 0.25) is 0 Å². The minimum Gasteiger partial charge on any atom is -0.487 e. The highest BCUT2D eigenvalue weighted by Gasteiger charge is 2.52. The lowest BCUT2D eigenvalue weighted by Crippen LogP contribution is -2.43. The van der Waals surface area contributed by atoms with Crippen molar-refractivity contribution in [3.8, 4) is 5.75 Å². The molecule has 2 aromatic rings. The summed E-state index contributed by atoms with van der Waals surface area (Å²) in [6, 6.07) is 4.44. The monoisotopic (exact) mass is 387 g/mol. The zero-order valence-electron chi connectivity index (χ0n) is 15.6. The van der Waals surface area contributed by atoms with Crippen molar-refractivity contribution < 1.29 is 19.0 Å². The number of amides is 1. The first-order chi connectivity index (χ1) is 13.4. The number of ether oxygens (including phenoxy) is 1. The molecule has 148 valence electrons. The summed E-state index contributed by atoms with van der Waals surface area (Å²) in [6.07, 6.45) is 1.41. The van der Waals surface area contributed by atoms with Gasteiger partial charge in [0.25, 0.3) is 5.56 Å². The molecule has 1 saturated carbocycles. The van der Waals surface area contributed by atoms with Crippen LogP contribution in [0.4, 0.5) is 14.9 Å². The zero-order chi connectivity index (χ0) is 19.6. The van der Waals surface area contributed by atoms with Crippen molar-refractivity contribution in [3.05, 3.63) is 34.4 Å². The fourth-order valence-electron chi connectivity index (χ4n) is 4.90. The normalized spacial score (nSPS) is 24.9. The number of pyridine rings is 1. The van der Waals surface area contributed by atoms with Crippen LogP contribution in [0.15, 0.2) is 23.0 Å². The van der Waals surface area contributed by atoms with Crippen LogP contribution in [0.1, 0.15) is 32.2 Å². The number of rotatable bonds is 3. The van der Waals surface area contributed by atoms with Crippen molar-refractivity contribution in [1.82, 2.24) is 9.88 Å². The highest BCUT2D eigenvalue weighted by atomic mass is 19.1. The molecule has 1 amide bonds. The highest BCUT2D eigenvalue weighted by Crippen LogP contribution is 2.49. The Morgan fingerprint density at radius 3 is 2.89 bits per heavy atom. The zero-order valence-corrected chi connectivity index (χ0v) is 15.6. The molecule has 1 aromatic heterocycles. The van der Waals surface area contributed by atoms with Crippen molar-refractivity contribution in [1.29, 1.82) is 0 Å². The highest BCUT2D eigenvalue weighted by molar-refractivity contribution is 5.92. The Balaban J connectivity index is 1.57. The van der Waals surface area contributed by atoms with Crippen molar-refractivity contribution in [2.24, 2.45) is 5.92 Å². The molecule has 3 heterocycles. The second kappa shape index (κ2) is 5.86. The van der Waals surface area contributed by atoms with Gasteiger partial charge in [-0.3, -0.25) is 9.36 Å². The average Bonchev–Trinajstić information content (AvgIpc) is 3.24. The number of aromatic nitrogens is 1. The molecule has 2 fully saturated rings. The third-order valence-electron chi connectivity index (χ3n) is 6.44. The topological polar surface area (TPSA) is 83.8 Å². The van der Waals surface area contributed by atoms with Gasteiger partial charge in [-0.05, 0) is 38.3 Å². The molecule has 1 aliphatic carbocycles. The molecule has 5 rings (SSSR count). The van der Waals surface area contributed by atoms with Crippen LogP contribution in [0.25, 0.3) is 10.9 Å². The lowest BCUT2D eigenvalue weighted by atomic mass is 9.96. The van der Waals surface area contributed by atoms with Crippen molar-refractivity contribution >= 4 is 22.7 Å². The van der Waals surface area contributed by atoms with E-state index in [1.54, 1.807) is 10.6 Å². The van der Waals surface area contributed by atoms with E-state index in [9.17, 15) is 9.59 Å². The van der Waals surface area contributed by atoms with Crippen LogP contribution < -0.4 is 20.5 Å². The number of anilines is 1. The van der Waals surface area contributed by atoms with Gasteiger partial charge in [-0.2, -0.15) is 0 Å². The first-order valence-electron chi connectivity index (χ1n) is 9.66. The molecule has 0 radical (unpaired) electrons. The van der Waals surface area contributed by atoms with Gasteiger partial charge >= 0.3 is 6.09 Å². The molecule has 2 atom stereocenters. The van der Waals surface area contributed by atoms with Gasteiger partial charge in [-0.25, -0.2) is 9.18 Å². The minimum absolute atomic E-state index is 0.121. The summed E-state index contributed by atoms with van der Waals surface area (Å²) < 4.78 is 22.7. The Kier molecular flexibility index (Phi) is 3.63. The van der Waals surface area contributed by atoms with Gasteiger partial charge < -0.3 is 20.1 Å². The fraction of sp³-hybridized carbons (Fsp3) is 0.500. The molecule has 28 heavy (non-hydrogen) atoms. The largest absolute Gasteiger partial charge is 0.487 e. The number of benzene rings is 1. The lowest BCUT2D eigenvalue weighted by Gasteiger charge is -2.31. The molecular formula is C20H22FN3O4. The summed E-state index contributed by atoms with van der Waals surface area (Å²) in [6.45, 7) is 3.40. The van der Waals surface area contributed by atoms with Crippen LogP contribution in [-0.4, -0.2) is 41.0 Å². The maximum absolute atomic E-state index is 15.1. The second-order valence-corrected chi connectivity index (χ2v) is 8.19. The predicted molar refractivity (Wildman–Crippen MR) is 102 cm³/mol. The summed E-state index contributed by atoms with van der Waals surface area (Å²) >= 11 is 0. The van der Waals surface area contributed by atoms with Gasteiger partial charge in [-0.1, -0.05) is 0 Å². The predicted octanol–water partition coefficient (Wildman–Crippen LogP) is 2.72. The molecule has 2 N–H and O–H groups in total. The first-order valence-corrected chi connectivity index (χ1v) is 9.66. The molecule has 0 unspecified atom stereocenters. The molecule has 8 heteroatoms.